The summed E-state index contributed by atoms with van der Waals surface area (Å²) in [7, 11) is 0. The van der Waals surface area contributed by atoms with Crippen LogP contribution in [-0.4, -0.2) is 14.6 Å². The number of hydrogen-bond donors (Lipinski definition) is 1. The van der Waals surface area contributed by atoms with Gasteiger partial charge in [0.1, 0.15) is 0 Å². The number of hydrogen-bond acceptors (Lipinski definition) is 2. The van der Waals surface area contributed by atoms with Crippen LogP contribution in [0.2, 0.25) is 0 Å². The van der Waals surface area contributed by atoms with Gasteiger partial charge >= 0.3 is 6.18 Å². The van der Waals surface area contributed by atoms with Crippen LogP contribution in [0.3, 0.4) is 0 Å². The molecule has 1 aromatic carbocycles. The number of aromatic amines is 1. The van der Waals surface area contributed by atoms with Gasteiger partial charge in [0.2, 0.25) is 0 Å². The molecule has 4 nitrogen and oxygen atoms in total. The second-order valence-electron chi connectivity index (χ2n) is 4.20. The van der Waals surface area contributed by atoms with Crippen molar-refractivity contribution < 1.29 is 13.2 Å². The van der Waals surface area contributed by atoms with Crippen LogP contribution < -0.4 is 5.56 Å². The molecule has 1 N–H and O–H groups in total. The molecule has 2 aromatic heterocycles. The fraction of sp³-hybridized carbons (Fsp3) is 0.0769. The van der Waals surface area contributed by atoms with E-state index in [0.717, 1.165) is 12.1 Å². The smallest absolute Gasteiger partial charge is 0.272 e. The summed E-state index contributed by atoms with van der Waals surface area (Å²) >= 11 is 0. The molecule has 0 radical (unpaired) electrons. The number of fused-ring (bicyclic) bond motifs is 1. The van der Waals surface area contributed by atoms with Gasteiger partial charge in [-0.1, -0.05) is 18.2 Å². The third kappa shape index (κ3) is 2.07. The summed E-state index contributed by atoms with van der Waals surface area (Å²) < 4.78 is 38.6. The average Bonchev–Trinajstić information content (AvgIpc) is 2.83. The van der Waals surface area contributed by atoms with Crippen LogP contribution in [-0.2, 0) is 6.18 Å². The maximum Gasteiger partial charge on any atom is 0.416 e. The highest BCUT2D eigenvalue weighted by molar-refractivity contribution is 5.58. The summed E-state index contributed by atoms with van der Waals surface area (Å²) in [6.07, 6.45) is -4.37. The Kier molecular flexibility index (Phi) is 2.63. The van der Waals surface area contributed by atoms with E-state index in [1.807, 2.05) is 0 Å². The zero-order valence-electron chi connectivity index (χ0n) is 9.98. The molecule has 0 bridgehead atoms. The van der Waals surface area contributed by atoms with Crippen LogP contribution in [0.4, 0.5) is 13.2 Å². The summed E-state index contributed by atoms with van der Waals surface area (Å²) in [6, 6.07) is 9.13. The van der Waals surface area contributed by atoms with E-state index in [1.54, 1.807) is 12.1 Å². The number of pyridine rings is 1. The zero-order valence-corrected chi connectivity index (χ0v) is 9.98. The van der Waals surface area contributed by atoms with E-state index in [-0.39, 0.29) is 5.56 Å². The minimum absolute atomic E-state index is 0.284. The van der Waals surface area contributed by atoms with Crippen molar-refractivity contribution in [3.8, 4) is 11.4 Å². The van der Waals surface area contributed by atoms with Gasteiger partial charge in [-0.2, -0.15) is 17.7 Å². The molecule has 0 spiro atoms. The van der Waals surface area contributed by atoms with Crippen molar-refractivity contribution in [1.29, 1.82) is 0 Å². The Morgan fingerprint density at radius 1 is 1.05 bits per heavy atom. The SMILES string of the molecule is O=c1cccc2nc(-c3ccc(C(F)(F)F)cc3)[nH]n12. The maximum absolute atomic E-state index is 12.5. The molecule has 0 atom stereocenters. The second-order valence-corrected chi connectivity index (χ2v) is 4.20. The number of halogens is 3. The van der Waals surface area contributed by atoms with Crippen molar-refractivity contribution in [1.82, 2.24) is 14.6 Å². The summed E-state index contributed by atoms with van der Waals surface area (Å²) in [4.78, 5) is 15.7. The normalized spacial score (nSPS) is 11.9. The molecule has 3 rings (SSSR count). The topological polar surface area (TPSA) is 50.2 Å². The van der Waals surface area contributed by atoms with Crippen molar-refractivity contribution in [3.63, 3.8) is 0 Å². The first kappa shape index (κ1) is 12.5. The quantitative estimate of drug-likeness (QED) is 0.744. The standard InChI is InChI=1S/C13H8F3N3O/c14-13(15,16)9-6-4-8(5-7-9)12-17-10-2-1-3-11(20)19(10)18-12/h1-7H,(H,17,18). The van der Waals surface area contributed by atoms with Crippen LogP contribution >= 0.6 is 0 Å². The number of alkyl halides is 3. The highest BCUT2D eigenvalue weighted by Gasteiger charge is 2.30. The van der Waals surface area contributed by atoms with E-state index in [2.05, 4.69) is 10.1 Å². The van der Waals surface area contributed by atoms with Gasteiger partial charge in [-0.25, -0.2) is 4.98 Å². The first-order chi connectivity index (χ1) is 9.45. The molecule has 102 valence electrons. The number of nitrogens with zero attached hydrogens (tertiary/aromatic N) is 2. The molecule has 0 aliphatic carbocycles. The summed E-state index contributed by atoms with van der Waals surface area (Å²) in [5.74, 6) is 0.335. The largest absolute Gasteiger partial charge is 0.416 e. The Morgan fingerprint density at radius 2 is 1.75 bits per heavy atom. The number of aromatic nitrogens is 3. The van der Waals surface area contributed by atoms with Gasteiger partial charge in [-0.15, -0.1) is 0 Å². The summed E-state index contributed by atoms with van der Waals surface area (Å²) in [5, 5.41) is 2.75. The van der Waals surface area contributed by atoms with Gasteiger partial charge in [0.15, 0.2) is 11.5 Å². The third-order valence-corrected chi connectivity index (χ3v) is 2.86. The highest BCUT2D eigenvalue weighted by Crippen LogP contribution is 2.30. The molecule has 0 aliphatic rings. The summed E-state index contributed by atoms with van der Waals surface area (Å²) in [6.45, 7) is 0. The molecule has 0 unspecified atom stereocenters. The van der Waals surface area contributed by atoms with Crippen LogP contribution in [0.25, 0.3) is 17.0 Å². The van der Waals surface area contributed by atoms with Crippen LogP contribution in [0.5, 0.6) is 0 Å². The predicted molar refractivity (Wildman–Crippen MR) is 66.3 cm³/mol. The molecule has 0 aliphatic heterocycles. The zero-order chi connectivity index (χ0) is 14.3. The minimum atomic E-state index is -4.37. The predicted octanol–water partition coefficient (Wildman–Crippen LogP) is 2.71. The number of benzene rings is 1. The first-order valence-corrected chi connectivity index (χ1v) is 5.70. The Morgan fingerprint density at radius 3 is 2.35 bits per heavy atom. The average molecular weight is 279 g/mol. The lowest BCUT2D eigenvalue weighted by atomic mass is 10.1. The van der Waals surface area contributed by atoms with Gasteiger partial charge in [0.05, 0.1) is 5.56 Å². The Hall–Kier alpha value is -2.57. The van der Waals surface area contributed by atoms with Gasteiger partial charge in [-0.3, -0.25) is 9.89 Å². The van der Waals surface area contributed by atoms with E-state index in [0.29, 0.717) is 17.0 Å². The maximum atomic E-state index is 12.5. The van der Waals surface area contributed by atoms with Gasteiger partial charge in [0, 0.05) is 11.6 Å². The van der Waals surface area contributed by atoms with E-state index >= 15 is 0 Å². The van der Waals surface area contributed by atoms with E-state index in [1.165, 1.54) is 22.7 Å². The van der Waals surface area contributed by atoms with E-state index < -0.39 is 11.7 Å². The Bertz CT molecular complexity index is 815. The van der Waals surface area contributed by atoms with Crippen molar-refractivity contribution in [3.05, 3.63) is 58.4 Å². The number of rotatable bonds is 1. The van der Waals surface area contributed by atoms with Crippen molar-refractivity contribution in [2.24, 2.45) is 0 Å². The number of nitrogens with one attached hydrogen (secondary N) is 1. The van der Waals surface area contributed by atoms with Gasteiger partial charge < -0.3 is 0 Å². The van der Waals surface area contributed by atoms with Crippen molar-refractivity contribution >= 4 is 5.65 Å². The van der Waals surface area contributed by atoms with Crippen LogP contribution in [0, 0.1) is 0 Å². The highest BCUT2D eigenvalue weighted by atomic mass is 19.4. The molecule has 0 saturated carbocycles. The van der Waals surface area contributed by atoms with Crippen LogP contribution in [0.1, 0.15) is 5.56 Å². The molecular formula is C13H8F3N3O. The van der Waals surface area contributed by atoms with Crippen molar-refractivity contribution in [2.75, 3.05) is 0 Å². The van der Waals surface area contributed by atoms with Gasteiger partial charge in [0.25, 0.3) is 5.56 Å². The lowest BCUT2D eigenvalue weighted by Crippen LogP contribution is -2.11. The molecule has 3 aromatic rings. The lowest BCUT2D eigenvalue weighted by Gasteiger charge is -2.06. The fourth-order valence-corrected chi connectivity index (χ4v) is 1.87. The van der Waals surface area contributed by atoms with Crippen LogP contribution in [0.15, 0.2) is 47.3 Å². The Balaban J connectivity index is 2.07. The molecule has 20 heavy (non-hydrogen) atoms. The lowest BCUT2D eigenvalue weighted by molar-refractivity contribution is -0.137. The van der Waals surface area contributed by atoms with Crippen molar-refractivity contribution in [2.45, 2.75) is 6.18 Å². The van der Waals surface area contributed by atoms with E-state index in [4.69, 9.17) is 0 Å². The molecule has 0 fully saturated rings. The Labute approximate surface area is 110 Å². The minimum Gasteiger partial charge on any atom is -0.272 e. The van der Waals surface area contributed by atoms with Gasteiger partial charge in [-0.05, 0) is 18.2 Å². The van der Waals surface area contributed by atoms with E-state index in [9.17, 15) is 18.0 Å². The molecular weight excluding hydrogens is 271 g/mol. The number of H-pyrrole nitrogens is 1. The monoisotopic (exact) mass is 279 g/mol. The molecule has 0 saturated heterocycles. The summed E-state index contributed by atoms with van der Waals surface area (Å²) in [5.41, 5.74) is -0.129. The molecule has 7 heteroatoms. The fourth-order valence-electron chi connectivity index (χ4n) is 1.87. The first-order valence-electron chi connectivity index (χ1n) is 5.70. The molecule has 2 heterocycles. The molecule has 0 amide bonds. The second kappa shape index (κ2) is 4.22. The third-order valence-electron chi connectivity index (χ3n) is 2.86.